The standard InChI is InChI=1S/C25H39N3O5/c1-25(2,3)33-24(30)26-16-18-9-6-7-13-27(18)17-23(29)28-14-8-10-21(28)20-15-19(31-4)11-12-22(20)32-5/h11-12,15,18,21H,6-10,13-14,16-17H2,1-5H3,(H,26,30). The number of amides is 2. The predicted molar refractivity (Wildman–Crippen MR) is 127 cm³/mol. The topological polar surface area (TPSA) is 80.3 Å². The number of rotatable bonds is 7. The third-order valence-electron chi connectivity index (χ3n) is 6.34. The Kier molecular flexibility index (Phi) is 8.46. The fraction of sp³-hybridized carbons (Fsp3) is 0.680. The second-order valence-corrected chi connectivity index (χ2v) is 9.86. The normalized spacial score (nSPS) is 21.5. The van der Waals surface area contributed by atoms with E-state index in [1.54, 1.807) is 14.2 Å². The van der Waals surface area contributed by atoms with Crippen LogP contribution in [0.15, 0.2) is 18.2 Å². The van der Waals surface area contributed by atoms with Crippen molar-refractivity contribution >= 4 is 12.0 Å². The van der Waals surface area contributed by atoms with E-state index >= 15 is 0 Å². The molecule has 2 amide bonds. The van der Waals surface area contributed by atoms with Gasteiger partial charge < -0.3 is 24.4 Å². The molecule has 1 aromatic rings. The number of alkyl carbamates (subject to hydrolysis) is 1. The van der Waals surface area contributed by atoms with Gasteiger partial charge in [-0.25, -0.2) is 4.79 Å². The van der Waals surface area contributed by atoms with Crippen LogP contribution >= 0.6 is 0 Å². The van der Waals surface area contributed by atoms with Crippen LogP contribution in [0.3, 0.4) is 0 Å². The summed E-state index contributed by atoms with van der Waals surface area (Å²) in [7, 11) is 3.30. The van der Waals surface area contributed by atoms with Gasteiger partial charge in [0.1, 0.15) is 17.1 Å². The number of nitrogens with zero attached hydrogens (tertiary/aromatic N) is 2. The van der Waals surface area contributed by atoms with Gasteiger partial charge in [-0.3, -0.25) is 9.69 Å². The maximum atomic E-state index is 13.4. The van der Waals surface area contributed by atoms with Crippen molar-refractivity contribution in [1.29, 1.82) is 0 Å². The zero-order valence-electron chi connectivity index (χ0n) is 20.7. The molecule has 0 saturated carbocycles. The van der Waals surface area contributed by atoms with Crippen molar-refractivity contribution in [1.82, 2.24) is 15.1 Å². The molecular formula is C25H39N3O5. The minimum Gasteiger partial charge on any atom is -0.497 e. The van der Waals surface area contributed by atoms with E-state index in [4.69, 9.17) is 14.2 Å². The van der Waals surface area contributed by atoms with E-state index in [9.17, 15) is 9.59 Å². The minimum absolute atomic E-state index is 0.0225. The summed E-state index contributed by atoms with van der Waals surface area (Å²) < 4.78 is 16.4. The molecule has 2 aliphatic heterocycles. The first-order chi connectivity index (χ1) is 15.7. The maximum Gasteiger partial charge on any atom is 0.407 e. The first-order valence-corrected chi connectivity index (χ1v) is 11.9. The molecule has 2 aliphatic rings. The molecule has 0 radical (unpaired) electrons. The van der Waals surface area contributed by atoms with E-state index in [2.05, 4.69) is 10.2 Å². The van der Waals surface area contributed by atoms with Crippen LogP contribution in [0.4, 0.5) is 4.79 Å². The second-order valence-electron chi connectivity index (χ2n) is 9.86. The van der Waals surface area contributed by atoms with E-state index in [0.29, 0.717) is 13.1 Å². The molecule has 0 aliphatic carbocycles. The van der Waals surface area contributed by atoms with Gasteiger partial charge in [0.25, 0.3) is 0 Å². The Bertz CT molecular complexity index is 823. The number of nitrogens with one attached hydrogen (secondary N) is 1. The average molecular weight is 462 g/mol. The van der Waals surface area contributed by atoms with Gasteiger partial charge in [0.2, 0.25) is 5.91 Å². The van der Waals surface area contributed by atoms with Crippen LogP contribution in [0.1, 0.15) is 64.5 Å². The van der Waals surface area contributed by atoms with Gasteiger partial charge in [-0.1, -0.05) is 6.42 Å². The quantitative estimate of drug-likeness (QED) is 0.666. The summed E-state index contributed by atoms with van der Waals surface area (Å²) in [5.74, 6) is 1.65. The highest BCUT2D eigenvalue weighted by Crippen LogP contribution is 2.39. The van der Waals surface area contributed by atoms with E-state index in [1.807, 2.05) is 43.9 Å². The lowest BCUT2D eigenvalue weighted by Gasteiger charge is -2.37. The van der Waals surface area contributed by atoms with Gasteiger partial charge in [0, 0.05) is 24.7 Å². The molecule has 2 unspecified atom stereocenters. The first kappa shape index (κ1) is 25.1. The van der Waals surface area contributed by atoms with E-state index in [-0.39, 0.29) is 18.0 Å². The number of carbonyl (C=O) groups excluding carboxylic acids is 2. The number of hydrogen-bond acceptors (Lipinski definition) is 6. The van der Waals surface area contributed by atoms with Crippen molar-refractivity contribution in [3.63, 3.8) is 0 Å². The second kappa shape index (κ2) is 11.1. The Hall–Kier alpha value is -2.48. The number of ether oxygens (including phenoxy) is 3. The summed E-state index contributed by atoms with van der Waals surface area (Å²) >= 11 is 0. The van der Waals surface area contributed by atoms with E-state index < -0.39 is 11.7 Å². The van der Waals surface area contributed by atoms with Crippen LogP contribution in [0, 0.1) is 0 Å². The Balaban J connectivity index is 1.65. The number of piperidine rings is 1. The summed E-state index contributed by atoms with van der Waals surface area (Å²) in [6, 6.07) is 5.86. The van der Waals surface area contributed by atoms with Crippen molar-refractivity contribution in [3.8, 4) is 11.5 Å². The van der Waals surface area contributed by atoms with Crippen LogP contribution < -0.4 is 14.8 Å². The number of carbonyl (C=O) groups is 2. The fourth-order valence-corrected chi connectivity index (χ4v) is 4.77. The summed E-state index contributed by atoms with van der Waals surface area (Å²) in [5, 5.41) is 2.89. The molecular weight excluding hydrogens is 422 g/mol. The molecule has 2 fully saturated rings. The summed E-state index contributed by atoms with van der Waals surface area (Å²) in [6.45, 7) is 7.97. The zero-order valence-corrected chi connectivity index (χ0v) is 20.7. The highest BCUT2D eigenvalue weighted by Gasteiger charge is 2.34. The van der Waals surface area contributed by atoms with Gasteiger partial charge in [-0.05, 0) is 71.2 Å². The van der Waals surface area contributed by atoms with Gasteiger partial charge in [-0.2, -0.15) is 0 Å². The Morgan fingerprint density at radius 2 is 1.85 bits per heavy atom. The molecule has 33 heavy (non-hydrogen) atoms. The SMILES string of the molecule is COc1ccc(OC)c(C2CCCN2C(=O)CN2CCCCC2CNC(=O)OC(C)(C)C)c1. The molecule has 8 heteroatoms. The van der Waals surface area contributed by atoms with Crippen LogP contribution in [-0.2, 0) is 9.53 Å². The molecule has 3 rings (SSSR count). The number of hydrogen-bond donors (Lipinski definition) is 1. The molecule has 1 N–H and O–H groups in total. The van der Waals surface area contributed by atoms with Crippen molar-refractivity contribution < 1.29 is 23.8 Å². The smallest absolute Gasteiger partial charge is 0.407 e. The predicted octanol–water partition coefficient (Wildman–Crippen LogP) is 3.75. The van der Waals surface area contributed by atoms with Crippen LogP contribution in [0.5, 0.6) is 11.5 Å². The molecule has 0 spiro atoms. The minimum atomic E-state index is -0.530. The highest BCUT2D eigenvalue weighted by atomic mass is 16.6. The lowest BCUT2D eigenvalue weighted by Crippen LogP contribution is -2.51. The van der Waals surface area contributed by atoms with Crippen molar-refractivity contribution in [2.24, 2.45) is 0 Å². The summed E-state index contributed by atoms with van der Waals surface area (Å²) in [6.07, 6.45) is 4.56. The Morgan fingerprint density at radius 1 is 1.06 bits per heavy atom. The Labute approximate surface area is 197 Å². The largest absolute Gasteiger partial charge is 0.497 e. The Morgan fingerprint density at radius 3 is 2.55 bits per heavy atom. The number of likely N-dealkylation sites (tertiary alicyclic amines) is 2. The number of methoxy groups -OCH3 is 2. The van der Waals surface area contributed by atoms with Crippen molar-refractivity contribution in [2.75, 3.05) is 40.4 Å². The van der Waals surface area contributed by atoms with Gasteiger partial charge in [-0.15, -0.1) is 0 Å². The summed E-state index contributed by atoms with van der Waals surface area (Å²) in [4.78, 5) is 29.7. The van der Waals surface area contributed by atoms with Crippen LogP contribution in [0.25, 0.3) is 0 Å². The lowest BCUT2D eigenvalue weighted by molar-refractivity contribution is -0.134. The van der Waals surface area contributed by atoms with Crippen molar-refractivity contribution in [2.45, 2.75) is 70.6 Å². The highest BCUT2D eigenvalue weighted by molar-refractivity contribution is 5.79. The summed E-state index contributed by atoms with van der Waals surface area (Å²) in [5.41, 5.74) is 0.461. The van der Waals surface area contributed by atoms with Crippen LogP contribution in [0.2, 0.25) is 0 Å². The maximum absolute atomic E-state index is 13.4. The van der Waals surface area contributed by atoms with Crippen molar-refractivity contribution in [3.05, 3.63) is 23.8 Å². The van der Waals surface area contributed by atoms with Gasteiger partial charge in [0.05, 0.1) is 26.8 Å². The molecule has 0 aromatic heterocycles. The molecule has 0 bridgehead atoms. The van der Waals surface area contributed by atoms with Gasteiger partial charge >= 0.3 is 6.09 Å². The van der Waals surface area contributed by atoms with E-state index in [0.717, 1.165) is 62.3 Å². The fourth-order valence-electron chi connectivity index (χ4n) is 4.77. The molecule has 2 heterocycles. The lowest BCUT2D eigenvalue weighted by atomic mass is 10.0. The average Bonchev–Trinajstić information content (AvgIpc) is 3.27. The third kappa shape index (κ3) is 6.76. The third-order valence-corrected chi connectivity index (χ3v) is 6.34. The van der Waals surface area contributed by atoms with Crippen LogP contribution in [-0.4, -0.2) is 73.8 Å². The molecule has 1 aromatic carbocycles. The molecule has 2 atom stereocenters. The number of benzene rings is 1. The molecule has 2 saturated heterocycles. The monoisotopic (exact) mass is 461 g/mol. The zero-order chi connectivity index (χ0) is 24.0. The molecule has 184 valence electrons. The molecule has 8 nitrogen and oxygen atoms in total. The first-order valence-electron chi connectivity index (χ1n) is 11.9. The van der Waals surface area contributed by atoms with Gasteiger partial charge in [0.15, 0.2) is 0 Å². The van der Waals surface area contributed by atoms with E-state index in [1.165, 1.54) is 0 Å².